The van der Waals surface area contributed by atoms with Gasteiger partial charge in [-0.2, -0.15) is 0 Å². The molecule has 3 rings (SSSR count). The molecule has 6 nitrogen and oxygen atoms in total. The van der Waals surface area contributed by atoms with E-state index in [0.29, 0.717) is 13.1 Å². The molecule has 2 saturated heterocycles. The number of carboxylic acid groups (broad SMARTS) is 1. The normalized spacial score (nSPS) is 25.3. The number of carboxylic acids is 1. The molecule has 0 bridgehead atoms. The average molecular weight is 349 g/mol. The number of hydrogen-bond donors (Lipinski definition) is 1. The number of amides is 1. The highest BCUT2D eigenvalue weighted by atomic mass is 19.1. The van der Waals surface area contributed by atoms with E-state index < -0.39 is 11.9 Å². The van der Waals surface area contributed by atoms with Crippen molar-refractivity contribution < 1.29 is 19.1 Å². The van der Waals surface area contributed by atoms with Crippen molar-refractivity contribution in [3.05, 3.63) is 35.6 Å². The number of fused-ring (bicyclic) bond motifs is 1. The van der Waals surface area contributed by atoms with Crippen molar-refractivity contribution in [2.45, 2.75) is 19.5 Å². The van der Waals surface area contributed by atoms with E-state index >= 15 is 0 Å². The van der Waals surface area contributed by atoms with Crippen molar-refractivity contribution in [3.63, 3.8) is 0 Å². The van der Waals surface area contributed by atoms with E-state index in [1.807, 2.05) is 0 Å². The van der Waals surface area contributed by atoms with Crippen LogP contribution >= 0.6 is 0 Å². The molecular weight excluding hydrogens is 325 g/mol. The number of carbonyl (C=O) groups excluding carboxylic acids is 1. The van der Waals surface area contributed by atoms with Crippen LogP contribution in [-0.2, 0) is 16.1 Å². The van der Waals surface area contributed by atoms with Crippen LogP contribution in [0.15, 0.2) is 24.3 Å². The van der Waals surface area contributed by atoms with Gasteiger partial charge < -0.3 is 10.0 Å². The summed E-state index contributed by atoms with van der Waals surface area (Å²) >= 11 is 0. The van der Waals surface area contributed by atoms with Crippen LogP contribution in [0.25, 0.3) is 0 Å². The molecule has 136 valence electrons. The van der Waals surface area contributed by atoms with Gasteiger partial charge in [-0.05, 0) is 17.7 Å². The average Bonchev–Trinajstić information content (AvgIpc) is 2.76. The Labute approximate surface area is 146 Å². The number of carbonyl (C=O) groups is 2. The first-order chi connectivity index (χ1) is 11.9. The highest BCUT2D eigenvalue weighted by molar-refractivity contribution is 5.75. The zero-order chi connectivity index (χ0) is 18.0. The minimum atomic E-state index is -0.847. The molecule has 2 fully saturated rings. The molecule has 1 aromatic rings. The molecule has 2 aliphatic heterocycles. The summed E-state index contributed by atoms with van der Waals surface area (Å²) in [6.45, 7) is 5.92. The number of rotatable bonds is 3. The lowest BCUT2D eigenvalue weighted by atomic mass is 10.1. The van der Waals surface area contributed by atoms with E-state index in [1.165, 1.54) is 19.1 Å². The second-order valence-corrected chi connectivity index (χ2v) is 6.97. The lowest BCUT2D eigenvalue weighted by Crippen LogP contribution is -2.55. The van der Waals surface area contributed by atoms with Crippen LogP contribution < -0.4 is 0 Å². The molecule has 2 aliphatic rings. The summed E-state index contributed by atoms with van der Waals surface area (Å²) in [5.74, 6) is -1.71. The van der Waals surface area contributed by atoms with Gasteiger partial charge in [0, 0.05) is 58.8 Å². The quantitative estimate of drug-likeness (QED) is 0.878. The third-order valence-electron chi connectivity index (χ3n) is 5.13. The number of piperazine rings is 1. The van der Waals surface area contributed by atoms with Gasteiger partial charge in [-0.3, -0.25) is 19.4 Å². The number of aliphatic carboxylic acids is 1. The van der Waals surface area contributed by atoms with Gasteiger partial charge in [0.2, 0.25) is 5.91 Å². The minimum absolute atomic E-state index is 0.0799. The Balaban J connectivity index is 1.68. The molecule has 0 aromatic heterocycles. The van der Waals surface area contributed by atoms with Gasteiger partial charge in [-0.1, -0.05) is 12.1 Å². The highest BCUT2D eigenvalue weighted by Gasteiger charge is 2.36. The number of nitrogens with zero attached hydrogens (tertiary/aromatic N) is 3. The molecule has 0 radical (unpaired) electrons. The summed E-state index contributed by atoms with van der Waals surface area (Å²) in [6, 6.07) is 6.63. The van der Waals surface area contributed by atoms with Crippen molar-refractivity contribution in [3.8, 4) is 0 Å². The SMILES string of the molecule is CC(=O)N1CC(C(=O)O)CN2CCN(Cc3ccc(F)cc3)CC2C1. The van der Waals surface area contributed by atoms with Gasteiger partial charge in [0.25, 0.3) is 0 Å². The maximum atomic E-state index is 13.0. The van der Waals surface area contributed by atoms with Crippen molar-refractivity contribution in [1.82, 2.24) is 14.7 Å². The zero-order valence-corrected chi connectivity index (χ0v) is 14.4. The molecule has 0 saturated carbocycles. The largest absolute Gasteiger partial charge is 0.481 e. The topological polar surface area (TPSA) is 64.1 Å². The van der Waals surface area contributed by atoms with Gasteiger partial charge in [0.15, 0.2) is 0 Å². The maximum Gasteiger partial charge on any atom is 0.309 e. The van der Waals surface area contributed by atoms with Crippen LogP contribution in [0.3, 0.4) is 0 Å². The smallest absolute Gasteiger partial charge is 0.309 e. The van der Waals surface area contributed by atoms with Crippen LogP contribution in [0, 0.1) is 11.7 Å². The lowest BCUT2D eigenvalue weighted by molar-refractivity contribution is -0.143. The Morgan fingerprint density at radius 2 is 1.84 bits per heavy atom. The van der Waals surface area contributed by atoms with Gasteiger partial charge in [0.05, 0.1) is 5.92 Å². The molecule has 2 atom stereocenters. The van der Waals surface area contributed by atoms with Crippen LogP contribution in [-0.4, -0.2) is 77.0 Å². The number of halogens is 1. The summed E-state index contributed by atoms with van der Waals surface area (Å²) < 4.78 is 13.0. The Hall–Kier alpha value is -1.99. The predicted molar refractivity (Wildman–Crippen MR) is 90.4 cm³/mol. The molecule has 7 heteroatoms. The predicted octanol–water partition coefficient (Wildman–Crippen LogP) is 0.875. The Bertz CT molecular complexity index is 637. The van der Waals surface area contributed by atoms with Crippen molar-refractivity contribution in [2.24, 2.45) is 5.92 Å². The van der Waals surface area contributed by atoms with Crippen molar-refractivity contribution >= 4 is 11.9 Å². The molecule has 0 aliphatic carbocycles. The Morgan fingerprint density at radius 1 is 1.12 bits per heavy atom. The first-order valence-electron chi connectivity index (χ1n) is 8.61. The third kappa shape index (κ3) is 4.35. The molecule has 2 heterocycles. The monoisotopic (exact) mass is 349 g/mol. The van der Waals surface area contributed by atoms with E-state index in [2.05, 4.69) is 9.80 Å². The summed E-state index contributed by atoms with van der Waals surface area (Å²) in [5, 5.41) is 9.42. The fraction of sp³-hybridized carbons (Fsp3) is 0.556. The molecule has 0 spiro atoms. The Morgan fingerprint density at radius 3 is 2.48 bits per heavy atom. The summed E-state index contributed by atoms with van der Waals surface area (Å²) in [6.07, 6.45) is 0. The van der Waals surface area contributed by atoms with E-state index in [-0.39, 0.29) is 24.3 Å². The summed E-state index contributed by atoms with van der Waals surface area (Å²) in [5.41, 5.74) is 1.05. The second-order valence-electron chi connectivity index (χ2n) is 6.97. The zero-order valence-electron chi connectivity index (χ0n) is 14.4. The Kier molecular flexibility index (Phi) is 5.34. The lowest BCUT2D eigenvalue weighted by Gasteiger charge is -2.41. The van der Waals surface area contributed by atoms with E-state index in [0.717, 1.165) is 31.7 Å². The number of hydrogen-bond acceptors (Lipinski definition) is 4. The minimum Gasteiger partial charge on any atom is -0.481 e. The molecule has 1 aromatic carbocycles. The molecular formula is C18H24FN3O3. The second kappa shape index (κ2) is 7.49. The fourth-order valence-electron chi connectivity index (χ4n) is 3.71. The van der Waals surface area contributed by atoms with Gasteiger partial charge in [-0.25, -0.2) is 4.39 Å². The van der Waals surface area contributed by atoms with Gasteiger partial charge in [-0.15, -0.1) is 0 Å². The van der Waals surface area contributed by atoms with Gasteiger partial charge in [0.1, 0.15) is 5.82 Å². The van der Waals surface area contributed by atoms with E-state index in [9.17, 15) is 19.1 Å². The first kappa shape index (κ1) is 17.8. The standard InChI is InChI=1S/C18H24FN3O3/c1-13(23)22-10-15(18(24)25)9-21-7-6-20(11-17(21)12-22)8-14-2-4-16(19)5-3-14/h2-5,15,17H,6-12H2,1H3,(H,24,25). The van der Waals surface area contributed by atoms with Crippen LogP contribution in [0.2, 0.25) is 0 Å². The summed E-state index contributed by atoms with van der Waals surface area (Å²) in [7, 11) is 0. The summed E-state index contributed by atoms with van der Waals surface area (Å²) in [4.78, 5) is 29.5. The highest BCUT2D eigenvalue weighted by Crippen LogP contribution is 2.20. The maximum absolute atomic E-state index is 13.0. The van der Waals surface area contributed by atoms with Crippen LogP contribution in [0.4, 0.5) is 4.39 Å². The fourth-order valence-corrected chi connectivity index (χ4v) is 3.71. The third-order valence-corrected chi connectivity index (χ3v) is 5.13. The number of benzene rings is 1. The van der Waals surface area contributed by atoms with Crippen molar-refractivity contribution in [1.29, 1.82) is 0 Å². The molecule has 25 heavy (non-hydrogen) atoms. The van der Waals surface area contributed by atoms with Crippen LogP contribution in [0.1, 0.15) is 12.5 Å². The van der Waals surface area contributed by atoms with Gasteiger partial charge >= 0.3 is 5.97 Å². The van der Waals surface area contributed by atoms with Crippen molar-refractivity contribution in [2.75, 3.05) is 39.3 Å². The van der Waals surface area contributed by atoms with E-state index in [1.54, 1.807) is 17.0 Å². The molecule has 1 amide bonds. The molecule has 2 unspecified atom stereocenters. The molecule has 1 N–H and O–H groups in total. The van der Waals surface area contributed by atoms with Crippen LogP contribution in [0.5, 0.6) is 0 Å². The first-order valence-corrected chi connectivity index (χ1v) is 8.61. The van der Waals surface area contributed by atoms with E-state index in [4.69, 9.17) is 0 Å².